The van der Waals surface area contributed by atoms with Crippen LogP contribution in [0.15, 0.2) is 18.2 Å². The van der Waals surface area contributed by atoms with Gasteiger partial charge in [-0.15, -0.1) is 0 Å². The van der Waals surface area contributed by atoms with Gasteiger partial charge in [0, 0.05) is 22.6 Å². The molecule has 0 saturated carbocycles. The number of hydrogen-bond donors (Lipinski definition) is 1. The lowest BCUT2D eigenvalue weighted by Gasteiger charge is -2.30. The third-order valence-corrected chi connectivity index (χ3v) is 4.61. The predicted molar refractivity (Wildman–Crippen MR) is 82.8 cm³/mol. The Bertz CT molecular complexity index is 423. The van der Waals surface area contributed by atoms with E-state index in [9.17, 15) is 0 Å². The Labute approximate surface area is 125 Å². The van der Waals surface area contributed by atoms with E-state index in [0.29, 0.717) is 6.54 Å². The van der Waals surface area contributed by atoms with Gasteiger partial charge >= 0.3 is 0 Å². The molecule has 1 aliphatic heterocycles. The van der Waals surface area contributed by atoms with Crippen molar-refractivity contribution in [1.29, 1.82) is 0 Å². The quantitative estimate of drug-likeness (QED) is 0.910. The Kier molecular flexibility index (Phi) is 5.52. The van der Waals surface area contributed by atoms with E-state index in [0.717, 1.165) is 34.6 Å². The summed E-state index contributed by atoms with van der Waals surface area (Å²) in [4.78, 5) is 2.46. The molecule has 0 radical (unpaired) electrons. The van der Waals surface area contributed by atoms with Crippen LogP contribution in [0.1, 0.15) is 37.8 Å². The average Bonchev–Trinajstić information content (AvgIpc) is 2.60. The number of benzene rings is 1. The van der Waals surface area contributed by atoms with Gasteiger partial charge in [-0.1, -0.05) is 30.1 Å². The lowest BCUT2D eigenvalue weighted by Crippen LogP contribution is -2.34. The second-order valence-electron chi connectivity index (χ2n) is 5.49. The average molecular weight is 301 g/mol. The molecule has 4 heteroatoms. The number of likely N-dealkylation sites (tertiary alicyclic amines) is 1. The molecular formula is C15H22Cl2N2. The summed E-state index contributed by atoms with van der Waals surface area (Å²) < 4.78 is 0. The molecule has 1 aromatic carbocycles. The molecule has 2 atom stereocenters. The van der Waals surface area contributed by atoms with Gasteiger partial charge in [-0.2, -0.15) is 0 Å². The normalized spacial score (nSPS) is 23.1. The van der Waals surface area contributed by atoms with Crippen molar-refractivity contribution in [3.8, 4) is 0 Å². The predicted octanol–water partition coefficient (Wildman–Crippen LogP) is 4.12. The van der Waals surface area contributed by atoms with Crippen LogP contribution in [0.25, 0.3) is 0 Å². The van der Waals surface area contributed by atoms with Crippen molar-refractivity contribution < 1.29 is 0 Å². The van der Waals surface area contributed by atoms with Gasteiger partial charge < -0.3 is 5.73 Å². The molecule has 0 amide bonds. The lowest BCUT2D eigenvalue weighted by atomic mass is 10.0. The maximum atomic E-state index is 6.32. The van der Waals surface area contributed by atoms with Crippen molar-refractivity contribution in [2.75, 3.05) is 19.6 Å². The molecule has 0 aliphatic carbocycles. The first-order chi connectivity index (χ1) is 9.11. The summed E-state index contributed by atoms with van der Waals surface area (Å²) in [5, 5.41) is 1.48. The first-order valence-corrected chi connectivity index (χ1v) is 7.76. The molecule has 1 fully saturated rings. The summed E-state index contributed by atoms with van der Waals surface area (Å²) in [7, 11) is 0. The highest BCUT2D eigenvalue weighted by atomic mass is 35.5. The van der Waals surface area contributed by atoms with Crippen molar-refractivity contribution >= 4 is 23.2 Å². The van der Waals surface area contributed by atoms with E-state index in [2.05, 4.69) is 11.8 Å². The second kappa shape index (κ2) is 6.94. The van der Waals surface area contributed by atoms with E-state index < -0.39 is 0 Å². The number of nitrogens with two attached hydrogens (primary N) is 1. The van der Waals surface area contributed by atoms with Gasteiger partial charge in [0.1, 0.15) is 0 Å². The van der Waals surface area contributed by atoms with E-state index in [1.807, 2.05) is 18.2 Å². The van der Waals surface area contributed by atoms with Gasteiger partial charge in [-0.05, 0) is 62.0 Å². The summed E-state index contributed by atoms with van der Waals surface area (Å²) >= 11 is 12.4. The zero-order valence-electron chi connectivity index (χ0n) is 11.4. The van der Waals surface area contributed by atoms with Gasteiger partial charge in [0.15, 0.2) is 0 Å². The number of nitrogens with zero attached hydrogens (tertiary/aromatic N) is 1. The second-order valence-corrected chi connectivity index (χ2v) is 6.33. The summed E-state index contributed by atoms with van der Waals surface area (Å²) in [6.45, 7) is 5.09. The maximum Gasteiger partial charge on any atom is 0.0485 e. The largest absolute Gasteiger partial charge is 0.329 e. The Hall–Kier alpha value is -0.280. The topological polar surface area (TPSA) is 29.3 Å². The highest BCUT2D eigenvalue weighted by Crippen LogP contribution is 2.31. The molecule has 0 spiro atoms. The first kappa shape index (κ1) is 15.1. The zero-order chi connectivity index (χ0) is 13.8. The molecule has 2 unspecified atom stereocenters. The number of hydrogen-bond acceptors (Lipinski definition) is 2. The molecule has 1 saturated heterocycles. The van der Waals surface area contributed by atoms with E-state index in [-0.39, 0.29) is 6.04 Å². The summed E-state index contributed by atoms with van der Waals surface area (Å²) in [6.07, 6.45) is 3.77. The highest BCUT2D eigenvalue weighted by molar-refractivity contribution is 6.33. The van der Waals surface area contributed by atoms with Crippen LogP contribution >= 0.6 is 23.2 Å². The van der Waals surface area contributed by atoms with Gasteiger partial charge in [-0.25, -0.2) is 0 Å². The summed E-state index contributed by atoms with van der Waals surface area (Å²) in [6, 6.07) is 5.82. The Balaban J connectivity index is 2.21. The van der Waals surface area contributed by atoms with E-state index in [1.165, 1.54) is 19.3 Å². The zero-order valence-corrected chi connectivity index (χ0v) is 12.9. The van der Waals surface area contributed by atoms with E-state index >= 15 is 0 Å². The van der Waals surface area contributed by atoms with Gasteiger partial charge in [0.2, 0.25) is 0 Å². The van der Waals surface area contributed by atoms with Crippen molar-refractivity contribution in [3.05, 3.63) is 33.8 Å². The van der Waals surface area contributed by atoms with Crippen LogP contribution in [0.4, 0.5) is 0 Å². The minimum Gasteiger partial charge on any atom is -0.329 e. The van der Waals surface area contributed by atoms with Gasteiger partial charge in [0.05, 0.1) is 0 Å². The fourth-order valence-electron chi connectivity index (χ4n) is 2.84. The van der Waals surface area contributed by atoms with Gasteiger partial charge in [-0.3, -0.25) is 4.90 Å². The van der Waals surface area contributed by atoms with Crippen LogP contribution in [-0.4, -0.2) is 24.5 Å². The summed E-state index contributed by atoms with van der Waals surface area (Å²) in [5.41, 5.74) is 7.06. The Morgan fingerprint density at radius 2 is 2.11 bits per heavy atom. The molecule has 0 aromatic heterocycles. The number of halogens is 2. The van der Waals surface area contributed by atoms with Crippen LogP contribution < -0.4 is 5.73 Å². The third-order valence-electron chi connectivity index (χ3n) is 4.03. The molecule has 106 valence electrons. The van der Waals surface area contributed by atoms with Crippen molar-refractivity contribution in [3.63, 3.8) is 0 Å². The molecular weight excluding hydrogens is 279 g/mol. The van der Waals surface area contributed by atoms with E-state index in [1.54, 1.807) is 0 Å². The maximum absolute atomic E-state index is 6.32. The molecule has 2 N–H and O–H groups in total. The van der Waals surface area contributed by atoms with Crippen LogP contribution in [-0.2, 0) is 0 Å². The van der Waals surface area contributed by atoms with Crippen LogP contribution in [0.2, 0.25) is 10.0 Å². The van der Waals surface area contributed by atoms with E-state index in [4.69, 9.17) is 28.9 Å². The summed E-state index contributed by atoms with van der Waals surface area (Å²) in [5.74, 6) is 0.804. The Morgan fingerprint density at radius 1 is 1.32 bits per heavy atom. The molecule has 2 nitrogen and oxygen atoms in total. The SMILES string of the molecule is CC1CCCN(C(CN)c2cc(Cl)ccc2Cl)CC1. The van der Waals surface area contributed by atoms with Crippen LogP contribution in [0.3, 0.4) is 0 Å². The number of rotatable bonds is 3. The molecule has 0 bridgehead atoms. The minimum atomic E-state index is 0.177. The fraction of sp³-hybridized carbons (Fsp3) is 0.600. The standard InChI is InChI=1S/C15H22Cl2N2/c1-11-3-2-7-19(8-6-11)15(10-18)13-9-12(16)4-5-14(13)17/h4-5,9,11,15H,2-3,6-8,10,18H2,1H3. The lowest BCUT2D eigenvalue weighted by molar-refractivity contribution is 0.207. The third kappa shape index (κ3) is 3.85. The van der Waals surface area contributed by atoms with Crippen LogP contribution in [0, 0.1) is 5.92 Å². The van der Waals surface area contributed by atoms with Crippen molar-refractivity contribution in [2.45, 2.75) is 32.2 Å². The molecule has 2 rings (SSSR count). The van der Waals surface area contributed by atoms with Gasteiger partial charge in [0.25, 0.3) is 0 Å². The Morgan fingerprint density at radius 3 is 2.84 bits per heavy atom. The first-order valence-electron chi connectivity index (χ1n) is 7.01. The minimum absolute atomic E-state index is 0.177. The fourth-order valence-corrected chi connectivity index (χ4v) is 3.26. The van der Waals surface area contributed by atoms with Crippen molar-refractivity contribution in [1.82, 2.24) is 4.90 Å². The molecule has 1 aliphatic rings. The molecule has 1 heterocycles. The molecule has 19 heavy (non-hydrogen) atoms. The highest BCUT2D eigenvalue weighted by Gasteiger charge is 2.23. The molecule has 1 aromatic rings. The van der Waals surface area contributed by atoms with Crippen molar-refractivity contribution in [2.24, 2.45) is 11.7 Å². The monoisotopic (exact) mass is 300 g/mol. The smallest absolute Gasteiger partial charge is 0.0485 e. The van der Waals surface area contributed by atoms with Crippen LogP contribution in [0.5, 0.6) is 0 Å².